The van der Waals surface area contributed by atoms with Crippen LogP contribution in [0.2, 0.25) is 0 Å². The lowest BCUT2D eigenvalue weighted by Crippen LogP contribution is -2.25. The first-order valence-corrected chi connectivity index (χ1v) is 4.22. The fraction of sp³-hybridized carbons (Fsp3) is 0.300. The lowest BCUT2D eigenvalue weighted by atomic mass is 10.1. The number of carbonyl (C=O) groups is 1. The Balaban J connectivity index is 2.81. The molecule has 0 aliphatic heterocycles. The van der Waals surface area contributed by atoms with Gasteiger partial charge >= 0.3 is 0 Å². The van der Waals surface area contributed by atoms with E-state index in [0.717, 1.165) is 0 Å². The van der Waals surface area contributed by atoms with Crippen LogP contribution >= 0.6 is 0 Å². The number of carbonyl (C=O) groups excluding carboxylic acids is 1. The summed E-state index contributed by atoms with van der Waals surface area (Å²) in [6.45, 7) is 0. The number of amides is 1. The van der Waals surface area contributed by atoms with E-state index in [1.54, 1.807) is 31.4 Å². The van der Waals surface area contributed by atoms with E-state index in [4.69, 9.17) is 4.74 Å². The molecule has 0 unspecified atom stereocenters. The van der Waals surface area contributed by atoms with Crippen molar-refractivity contribution in [1.82, 2.24) is 5.32 Å². The molecule has 1 rings (SSSR count). The quantitative estimate of drug-likeness (QED) is 0.737. The fourth-order valence-electron chi connectivity index (χ4n) is 1.07. The Morgan fingerprint density at radius 1 is 1.43 bits per heavy atom. The van der Waals surface area contributed by atoms with Gasteiger partial charge in [0.1, 0.15) is 5.75 Å². The van der Waals surface area contributed by atoms with E-state index in [1.165, 1.54) is 7.05 Å². The maximum Gasteiger partial charge on any atom is 0.253 e. The molecule has 0 spiro atoms. The summed E-state index contributed by atoms with van der Waals surface area (Å²) >= 11 is 0. The Morgan fingerprint density at radius 2 is 2.00 bits per heavy atom. The first kappa shape index (κ1) is 10.5. The SMILES string of the molecule is CNC(=O)[C@H](O)c1ccc(OC)cc1. The highest BCUT2D eigenvalue weighted by Crippen LogP contribution is 2.17. The fourth-order valence-corrected chi connectivity index (χ4v) is 1.07. The van der Waals surface area contributed by atoms with Gasteiger partial charge in [-0.25, -0.2) is 0 Å². The maximum absolute atomic E-state index is 11.1. The van der Waals surface area contributed by atoms with E-state index >= 15 is 0 Å². The van der Waals surface area contributed by atoms with Gasteiger partial charge in [-0.2, -0.15) is 0 Å². The van der Waals surface area contributed by atoms with Crippen LogP contribution in [0, 0.1) is 0 Å². The van der Waals surface area contributed by atoms with Crippen LogP contribution in [-0.2, 0) is 4.79 Å². The lowest BCUT2D eigenvalue weighted by molar-refractivity contribution is -0.129. The zero-order valence-corrected chi connectivity index (χ0v) is 8.15. The first-order chi connectivity index (χ1) is 6.69. The average Bonchev–Trinajstić information content (AvgIpc) is 2.27. The van der Waals surface area contributed by atoms with E-state index in [2.05, 4.69) is 5.32 Å². The Bertz CT molecular complexity index is 308. The van der Waals surface area contributed by atoms with Gasteiger partial charge in [-0.15, -0.1) is 0 Å². The molecule has 76 valence electrons. The van der Waals surface area contributed by atoms with Gasteiger partial charge < -0.3 is 15.2 Å². The van der Waals surface area contributed by atoms with Crippen LogP contribution in [0.4, 0.5) is 0 Å². The normalized spacial score (nSPS) is 11.9. The smallest absolute Gasteiger partial charge is 0.253 e. The molecule has 4 nitrogen and oxygen atoms in total. The van der Waals surface area contributed by atoms with Crippen molar-refractivity contribution in [2.24, 2.45) is 0 Å². The molecule has 1 amide bonds. The van der Waals surface area contributed by atoms with Crippen LogP contribution in [0.25, 0.3) is 0 Å². The summed E-state index contributed by atoms with van der Waals surface area (Å²) in [7, 11) is 3.04. The molecular formula is C10H13NO3. The molecule has 0 heterocycles. The minimum absolute atomic E-state index is 0.421. The summed E-state index contributed by atoms with van der Waals surface area (Å²) in [6.07, 6.45) is -1.12. The molecule has 0 bridgehead atoms. The zero-order chi connectivity index (χ0) is 10.6. The van der Waals surface area contributed by atoms with Crippen LogP contribution in [0.3, 0.4) is 0 Å². The minimum Gasteiger partial charge on any atom is -0.497 e. The predicted octanol–water partition coefficient (Wildman–Crippen LogP) is 0.475. The van der Waals surface area contributed by atoms with Crippen LogP contribution in [0.1, 0.15) is 11.7 Å². The van der Waals surface area contributed by atoms with E-state index < -0.39 is 12.0 Å². The number of methoxy groups -OCH3 is 1. The third-order valence-electron chi connectivity index (χ3n) is 1.93. The molecular weight excluding hydrogens is 182 g/mol. The van der Waals surface area contributed by atoms with Crippen LogP contribution in [-0.4, -0.2) is 25.2 Å². The zero-order valence-electron chi connectivity index (χ0n) is 8.15. The van der Waals surface area contributed by atoms with Gasteiger partial charge in [0.2, 0.25) is 0 Å². The lowest BCUT2D eigenvalue weighted by Gasteiger charge is -2.09. The molecule has 0 saturated heterocycles. The highest BCUT2D eigenvalue weighted by molar-refractivity contribution is 5.81. The summed E-state index contributed by atoms with van der Waals surface area (Å²) in [5.41, 5.74) is 0.546. The molecule has 1 aromatic carbocycles. The van der Waals surface area contributed by atoms with Crippen molar-refractivity contribution >= 4 is 5.91 Å². The molecule has 0 radical (unpaired) electrons. The van der Waals surface area contributed by atoms with Crippen molar-refractivity contribution in [3.05, 3.63) is 29.8 Å². The highest BCUT2D eigenvalue weighted by Gasteiger charge is 2.14. The maximum atomic E-state index is 11.1. The monoisotopic (exact) mass is 195 g/mol. The van der Waals surface area contributed by atoms with Gasteiger partial charge in [-0.05, 0) is 17.7 Å². The molecule has 0 saturated carbocycles. The van der Waals surface area contributed by atoms with Gasteiger partial charge in [-0.1, -0.05) is 12.1 Å². The molecule has 4 heteroatoms. The number of aliphatic hydroxyl groups excluding tert-OH is 1. The highest BCUT2D eigenvalue weighted by atomic mass is 16.5. The molecule has 2 N–H and O–H groups in total. The Morgan fingerprint density at radius 3 is 2.43 bits per heavy atom. The standard InChI is InChI=1S/C10H13NO3/c1-11-10(13)9(12)7-3-5-8(14-2)6-4-7/h3-6,9,12H,1-2H3,(H,11,13)/t9-/m1/s1. The van der Waals surface area contributed by atoms with Gasteiger partial charge in [0, 0.05) is 7.05 Å². The largest absolute Gasteiger partial charge is 0.497 e. The Labute approximate surface area is 82.5 Å². The van der Waals surface area contributed by atoms with Crippen LogP contribution < -0.4 is 10.1 Å². The summed E-state index contributed by atoms with van der Waals surface area (Å²) in [5.74, 6) is 0.271. The van der Waals surface area contributed by atoms with Crippen molar-refractivity contribution in [2.45, 2.75) is 6.10 Å². The third-order valence-corrected chi connectivity index (χ3v) is 1.93. The molecule has 0 aliphatic carbocycles. The summed E-state index contributed by atoms with van der Waals surface area (Å²) in [4.78, 5) is 11.1. The molecule has 0 aromatic heterocycles. The second-order valence-electron chi connectivity index (χ2n) is 2.79. The van der Waals surface area contributed by atoms with Crippen molar-refractivity contribution in [2.75, 3.05) is 14.2 Å². The van der Waals surface area contributed by atoms with Crippen LogP contribution in [0.15, 0.2) is 24.3 Å². The van der Waals surface area contributed by atoms with E-state index in [-0.39, 0.29) is 0 Å². The predicted molar refractivity (Wildman–Crippen MR) is 52.0 cm³/mol. The summed E-state index contributed by atoms with van der Waals surface area (Å²) < 4.78 is 4.95. The van der Waals surface area contributed by atoms with E-state index in [0.29, 0.717) is 11.3 Å². The minimum atomic E-state index is -1.12. The number of benzene rings is 1. The molecule has 1 atom stereocenters. The van der Waals surface area contributed by atoms with E-state index in [1.807, 2.05) is 0 Å². The van der Waals surface area contributed by atoms with Crippen molar-refractivity contribution in [1.29, 1.82) is 0 Å². The van der Waals surface area contributed by atoms with Crippen LogP contribution in [0.5, 0.6) is 5.75 Å². The van der Waals surface area contributed by atoms with Gasteiger partial charge in [0.15, 0.2) is 6.10 Å². The molecule has 0 fully saturated rings. The van der Waals surface area contributed by atoms with Gasteiger partial charge in [-0.3, -0.25) is 4.79 Å². The summed E-state index contributed by atoms with van der Waals surface area (Å²) in [5, 5.41) is 11.9. The number of hydrogen-bond donors (Lipinski definition) is 2. The van der Waals surface area contributed by atoms with Crippen molar-refractivity contribution in [3.8, 4) is 5.75 Å². The summed E-state index contributed by atoms with van der Waals surface area (Å²) in [6, 6.07) is 6.69. The Hall–Kier alpha value is -1.55. The topological polar surface area (TPSA) is 58.6 Å². The van der Waals surface area contributed by atoms with Gasteiger partial charge in [0.25, 0.3) is 5.91 Å². The van der Waals surface area contributed by atoms with Gasteiger partial charge in [0.05, 0.1) is 7.11 Å². The number of rotatable bonds is 3. The number of ether oxygens (including phenoxy) is 1. The molecule has 1 aromatic rings. The first-order valence-electron chi connectivity index (χ1n) is 4.22. The number of aliphatic hydroxyl groups is 1. The third kappa shape index (κ3) is 2.23. The second-order valence-corrected chi connectivity index (χ2v) is 2.79. The van der Waals surface area contributed by atoms with Crippen molar-refractivity contribution < 1.29 is 14.6 Å². The molecule has 0 aliphatic rings. The van der Waals surface area contributed by atoms with E-state index in [9.17, 15) is 9.90 Å². The average molecular weight is 195 g/mol. The second kappa shape index (κ2) is 4.62. The van der Waals surface area contributed by atoms with Crippen molar-refractivity contribution in [3.63, 3.8) is 0 Å². The number of likely N-dealkylation sites (N-methyl/N-ethyl adjacent to an activating group) is 1. The number of nitrogens with one attached hydrogen (secondary N) is 1. The molecule has 14 heavy (non-hydrogen) atoms. The number of hydrogen-bond acceptors (Lipinski definition) is 3. The Kier molecular flexibility index (Phi) is 3.48.